The monoisotopic (exact) mass is 343 g/mol. The Hall–Kier alpha value is -1.80. The number of likely N-dealkylation sites (tertiary alicyclic amines) is 1. The molecular formula is C16H20F3N3O2. The normalized spacial score (nSPS) is 22.0. The number of halogens is 3. The maximum absolute atomic E-state index is 13.6. The van der Waals surface area contributed by atoms with Gasteiger partial charge in [-0.3, -0.25) is 4.90 Å². The van der Waals surface area contributed by atoms with Gasteiger partial charge in [-0.1, -0.05) is 0 Å². The van der Waals surface area contributed by atoms with Crippen LogP contribution in [0.1, 0.15) is 6.42 Å². The van der Waals surface area contributed by atoms with Crippen LogP contribution in [0.2, 0.25) is 0 Å². The van der Waals surface area contributed by atoms with Gasteiger partial charge in [-0.15, -0.1) is 0 Å². The molecule has 0 unspecified atom stereocenters. The minimum Gasteiger partial charge on any atom is -0.379 e. The molecular weight excluding hydrogens is 323 g/mol. The molecule has 0 aliphatic carbocycles. The van der Waals surface area contributed by atoms with Gasteiger partial charge in [0.1, 0.15) is 5.82 Å². The van der Waals surface area contributed by atoms with Crippen molar-refractivity contribution in [1.82, 2.24) is 9.80 Å². The molecule has 2 aliphatic heterocycles. The van der Waals surface area contributed by atoms with E-state index in [4.69, 9.17) is 4.74 Å². The molecule has 2 fully saturated rings. The number of hydrogen-bond donors (Lipinski definition) is 1. The van der Waals surface area contributed by atoms with E-state index in [-0.39, 0.29) is 5.69 Å². The largest absolute Gasteiger partial charge is 0.379 e. The molecule has 2 saturated heterocycles. The van der Waals surface area contributed by atoms with Crippen LogP contribution in [0.4, 0.5) is 23.7 Å². The molecule has 2 heterocycles. The fourth-order valence-electron chi connectivity index (χ4n) is 3.13. The second kappa shape index (κ2) is 7.40. The molecule has 132 valence electrons. The Bertz CT molecular complexity index is 608. The summed E-state index contributed by atoms with van der Waals surface area (Å²) in [6.07, 6.45) is 0.866. The van der Waals surface area contributed by atoms with Crippen LogP contribution < -0.4 is 5.32 Å². The highest BCUT2D eigenvalue weighted by molar-refractivity contribution is 5.89. The maximum atomic E-state index is 13.6. The van der Waals surface area contributed by atoms with Crippen LogP contribution in [0.5, 0.6) is 0 Å². The SMILES string of the molecule is O=C(Nc1cc(F)c(F)cc1F)N1CC[C@H](CN2CCOCC2)C1. The molecule has 0 aromatic heterocycles. The van der Waals surface area contributed by atoms with Crippen LogP contribution in [0, 0.1) is 23.4 Å². The summed E-state index contributed by atoms with van der Waals surface area (Å²) in [4.78, 5) is 16.1. The number of hydrogen-bond acceptors (Lipinski definition) is 3. The third-order valence-corrected chi connectivity index (χ3v) is 4.44. The Balaban J connectivity index is 1.54. The first-order valence-electron chi connectivity index (χ1n) is 8.03. The van der Waals surface area contributed by atoms with Gasteiger partial charge in [0.05, 0.1) is 18.9 Å². The summed E-state index contributed by atoms with van der Waals surface area (Å²) in [6, 6.07) is 0.587. The number of benzene rings is 1. The summed E-state index contributed by atoms with van der Waals surface area (Å²) in [5, 5.41) is 2.32. The lowest BCUT2D eigenvalue weighted by Gasteiger charge is -2.29. The number of amides is 2. The molecule has 0 radical (unpaired) electrons. The standard InChI is InChI=1S/C16H20F3N3O2/c17-12-7-14(19)15(8-13(12)18)20-16(23)22-2-1-11(10-22)9-21-3-5-24-6-4-21/h7-8,11H,1-6,9-10H2,(H,20,23)/t11-/m1/s1. The van der Waals surface area contributed by atoms with Crippen molar-refractivity contribution in [3.05, 3.63) is 29.6 Å². The van der Waals surface area contributed by atoms with E-state index in [1.54, 1.807) is 4.90 Å². The van der Waals surface area contributed by atoms with Crippen molar-refractivity contribution in [2.75, 3.05) is 51.3 Å². The van der Waals surface area contributed by atoms with E-state index in [0.717, 1.165) is 39.3 Å². The third-order valence-electron chi connectivity index (χ3n) is 4.44. The van der Waals surface area contributed by atoms with E-state index in [0.29, 0.717) is 31.1 Å². The molecule has 1 atom stereocenters. The van der Waals surface area contributed by atoms with E-state index < -0.39 is 23.5 Å². The first kappa shape index (κ1) is 17.0. The molecule has 1 N–H and O–H groups in total. The van der Waals surface area contributed by atoms with Gasteiger partial charge in [-0.05, 0) is 12.3 Å². The maximum Gasteiger partial charge on any atom is 0.321 e. The van der Waals surface area contributed by atoms with Gasteiger partial charge in [-0.2, -0.15) is 0 Å². The Morgan fingerprint density at radius 2 is 1.83 bits per heavy atom. The summed E-state index contributed by atoms with van der Waals surface area (Å²) >= 11 is 0. The quantitative estimate of drug-likeness (QED) is 0.857. The van der Waals surface area contributed by atoms with Crippen molar-refractivity contribution in [3.8, 4) is 0 Å². The molecule has 3 rings (SSSR count). The number of nitrogens with one attached hydrogen (secondary N) is 1. The van der Waals surface area contributed by atoms with Crippen LogP contribution in [0.25, 0.3) is 0 Å². The molecule has 0 bridgehead atoms. The van der Waals surface area contributed by atoms with Gasteiger partial charge in [0.25, 0.3) is 0 Å². The summed E-state index contributed by atoms with van der Waals surface area (Å²) < 4.78 is 45.0. The van der Waals surface area contributed by atoms with Crippen LogP contribution in [-0.2, 0) is 4.74 Å². The van der Waals surface area contributed by atoms with E-state index in [9.17, 15) is 18.0 Å². The molecule has 2 aliphatic rings. The third kappa shape index (κ3) is 3.99. The first-order valence-corrected chi connectivity index (χ1v) is 8.03. The fraction of sp³-hybridized carbons (Fsp3) is 0.562. The van der Waals surface area contributed by atoms with Crippen LogP contribution in [0.15, 0.2) is 12.1 Å². The highest BCUT2D eigenvalue weighted by atomic mass is 19.2. The molecule has 5 nitrogen and oxygen atoms in total. The Labute approximate surface area is 138 Å². The van der Waals surface area contributed by atoms with Crippen LogP contribution in [-0.4, -0.2) is 61.8 Å². The van der Waals surface area contributed by atoms with Crippen molar-refractivity contribution >= 4 is 11.7 Å². The average Bonchev–Trinajstić information content (AvgIpc) is 3.02. The summed E-state index contributed by atoms with van der Waals surface area (Å²) in [5.41, 5.74) is -0.351. The van der Waals surface area contributed by atoms with Crippen molar-refractivity contribution in [2.24, 2.45) is 5.92 Å². The highest BCUT2D eigenvalue weighted by Crippen LogP contribution is 2.22. The van der Waals surface area contributed by atoms with Crippen molar-refractivity contribution in [1.29, 1.82) is 0 Å². The lowest BCUT2D eigenvalue weighted by molar-refractivity contribution is 0.0314. The smallest absolute Gasteiger partial charge is 0.321 e. The zero-order valence-electron chi connectivity index (χ0n) is 13.2. The van der Waals surface area contributed by atoms with Gasteiger partial charge < -0.3 is 15.0 Å². The number of nitrogens with zero attached hydrogens (tertiary/aromatic N) is 2. The number of carbonyl (C=O) groups excluding carboxylic acids is 1. The lowest BCUT2D eigenvalue weighted by atomic mass is 10.1. The van der Waals surface area contributed by atoms with E-state index in [1.165, 1.54) is 0 Å². The second-order valence-corrected chi connectivity index (χ2v) is 6.19. The molecule has 0 spiro atoms. The van der Waals surface area contributed by atoms with Gasteiger partial charge in [0, 0.05) is 44.9 Å². The van der Waals surface area contributed by atoms with Gasteiger partial charge in [-0.25, -0.2) is 18.0 Å². The second-order valence-electron chi connectivity index (χ2n) is 6.19. The fourth-order valence-corrected chi connectivity index (χ4v) is 3.13. The Morgan fingerprint density at radius 3 is 2.58 bits per heavy atom. The van der Waals surface area contributed by atoms with Gasteiger partial charge >= 0.3 is 6.03 Å². The molecule has 8 heteroatoms. The van der Waals surface area contributed by atoms with Crippen LogP contribution >= 0.6 is 0 Å². The molecule has 1 aromatic carbocycles. The Morgan fingerprint density at radius 1 is 1.12 bits per heavy atom. The van der Waals surface area contributed by atoms with Crippen molar-refractivity contribution in [2.45, 2.75) is 6.42 Å². The topological polar surface area (TPSA) is 44.8 Å². The zero-order valence-corrected chi connectivity index (χ0v) is 13.2. The molecule has 0 saturated carbocycles. The minimum atomic E-state index is -1.28. The minimum absolute atomic E-state index is 0.351. The number of carbonyl (C=O) groups is 1. The van der Waals surface area contributed by atoms with E-state index in [2.05, 4.69) is 10.2 Å². The summed E-state index contributed by atoms with van der Waals surface area (Å²) in [7, 11) is 0. The number of rotatable bonds is 3. The lowest BCUT2D eigenvalue weighted by Crippen LogP contribution is -2.40. The number of urea groups is 1. The molecule has 2 amide bonds. The highest BCUT2D eigenvalue weighted by Gasteiger charge is 2.28. The number of anilines is 1. The summed E-state index contributed by atoms with van der Waals surface area (Å²) in [6.45, 7) is 5.26. The zero-order chi connectivity index (χ0) is 17.1. The first-order chi connectivity index (χ1) is 11.5. The predicted octanol–water partition coefficient (Wildman–Crippen LogP) is 2.29. The summed E-state index contributed by atoms with van der Waals surface area (Å²) in [5.74, 6) is -3.12. The Kier molecular flexibility index (Phi) is 5.25. The van der Waals surface area contributed by atoms with Gasteiger partial charge in [0.15, 0.2) is 11.6 Å². The van der Waals surface area contributed by atoms with Crippen molar-refractivity contribution < 1.29 is 22.7 Å². The predicted molar refractivity (Wildman–Crippen MR) is 82.3 cm³/mol. The molecule has 24 heavy (non-hydrogen) atoms. The van der Waals surface area contributed by atoms with Gasteiger partial charge in [0.2, 0.25) is 0 Å². The van der Waals surface area contributed by atoms with E-state index in [1.807, 2.05) is 0 Å². The number of ether oxygens (including phenoxy) is 1. The number of morpholine rings is 1. The van der Waals surface area contributed by atoms with Crippen LogP contribution in [0.3, 0.4) is 0 Å². The molecule has 1 aromatic rings. The average molecular weight is 343 g/mol. The van der Waals surface area contributed by atoms with E-state index >= 15 is 0 Å². The van der Waals surface area contributed by atoms with Crippen molar-refractivity contribution in [3.63, 3.8) is 0 Å².